The molecule has 7 heteroatoms. The number of hydrogen-bond acceptors (Lipinski definition) is 3. The molecule has 0 atom stereocenters. The molecule has 0 bridgehead atoms. The Kier molecular flexibility index (Phi) is 4.86. The van der Waals surface area contributed by atoms with E-state index in [1.165, 1.54) is 0 Å². The van der Waals surface area contributed by atoms with Crippen LogP contribution in [0.15, 0.2) is 16.6 Å². The Hall–Kier alpha value is -0.0300. The van der Waals surface area contributed by atoms with Gasteiger partial charge < -0.3 is 4.74 Å². The van der Waals surface area contributed by atoms with Crippen LogP contribution in [0.3, 0.4) is 0 Å². The highest BCUT2D eigenvalue weighted by atomic mass is 79.9. The van der Waals surface area contributed by atoms with Crippen LogP contribution < -0.4 is 0 Å². The topological polar surface area (TPSA) is 46.0 Å². The third-order valence-corrected chi connectivity index (χ3v) is 3.05. The zero-order chi connectivity index (χ0) is 12.3. The van der Waals surface area contributed by atoms with E-state index < -0.39 is 9.69 Å². The van der Waals surface area contributed by atoms with Gasteiger partial charge >= 0.3 is 0 Å². The molecule has 1 N–H and O–H groups in total. The number of nitrogens with one attached hydrogen (secondary N) is 1. The van der Waals surface area contributed by atoms with Crippen molar-refractivity contribution in [3.63, 3.8) is 0 Å². The van der Waals surface area contributed by atoms with Crippen LogP contribution in [0.1, 0.15) is 11.4 Å². The minimum atomic E-state index is -1.83. The molecule has 1 aromatic rings. The average Bonchev–Trinajstić information content (AvgIpc) is 2.18. The van der Waals surface area contributed by atoms with Crippen LogP contribution in [-0.2, 0) is 11.3 Å². The predicted octanol–water partition coefficient (Wildman–Crippen LogP) is 4.02. The summed E-state index contributed by atoms with van der Waals surface area (Å²) in [5.74, 6) is -0.417. The molecule has 1 heterocycles. The summed E-state index contributed by atoms with van der Waals surface area (Å²) >= 11 is 19.7. The van der Waals surface area contributed by atoms with Gasteiger partial charge in [0.15, 0.2) is 0 Å². The van der Waals surface area contributed by atoms with Gasteiger partial charge in [0.1, 0.15) is 6.61 Å². The molecule has 0 aromatic carbocycles. The largest absolute Gasteiger partial charge is 0.472 e. The van der Waals surface area contributed by atoms with Crippen LogP contribution in [0.5, 0.6) is 0 Å². The summed E-state index contributed by atoms with van der Waals surface area (Å²) in [6.07, 6.45) is 0. The van der Waals surface area contributed by atoms with E-state index in [2.05, 4.69) is 20.9 Å². The fraction of sp³-hybridized carbons (Fsp3) is 0.333. The summed E-state index contributed by atoms with van der Waals surface area (Å²) in [4.78, 5) is 4.23. The highest BCUT2D eigenvalue weighted by Gasteiger charge is 2.28. The summed E-state index contributed by atoms with van der Waals surface area (Å²) < 4.78 is 4.08. The quantitative estimate of drug-likeness (QED) is 0.499. The fourth-order valence-electron chi connectivity index (χ4n) is 0.904. The molecule has 16 heavy (non-hydrogen) atoms. The molecule has 0 aliphatic heterocycles. The van der Waals surface area contributed by atoms with E-state index in [4.69, 9.17) is 44.9 Å². The summed E-state index contributed by atoms with van der Waals surface area (Å²) in [6.45, 7) is 1.95. The fourth-order valence-corrected chi connectivity index (χ4v) is 1.29. The maximum atomic E-state index is 7.33. The highest BCUT2D eigenvalue weighted by Crippen LogP contribution is 2.28. The molecule has 88 valence electrons. The van der Waals surface area contributed by atoms with E-state index in [0.29, 0.717) is 5.69 Å². The first-order chi connectivity index (χ1) is 7.30. The Bertz CT molecular complexity index is 406. The molecule has 3 nitrogen and oxygen atoms in total. The number of alkyl halides is 3. The number of hydrogen-bond donors (Lipinski definition) is 1. The molecule has 1 aromatic heterocycles. The minimum absolute atomic E-state index is 0.0981. The number of aryl methyl sites for hydroxylation is 1. The Labute approximate surface area is 117 Å². The minimum Gasteiger partial charge on any atom is -0.472 e. The van der Waals surface area contributed by atoms with Gasteiger partial charge in [0.05, 0.1) is 11.4 Å². The highest BCUT2D eigenvalue weighted by molar-refractivity contribution is 9.10. The van der Waals surface area contributed by atoms with Crippen molar-refractivity contribution in [2.75, 3.05) is 0 Å². The number of rotatable bonds is 2. The molecule has 0 spiro atoms. The third kappa shape index (κ3) is 4.09. The molecule has 1 rings (SSSR count). The van der Waals surface area contributed by atoms with Gasteiger partial charge in [-0.3, -0.25) is 10.4 Å². The lowest BCUT2D eigenvalue weighted by atomic mass is 10.3. The zero-order valence-electron chi connectivity index (χ0n) is 8.23. The number of nitrogens with zero attached hydrogens (tertiary/aromatic N) is 1. The van der Waals surface area contributed by atoms with Gasteiger partial charge in [-0.05, 0) is 35.0 Å². The van der Waals surface area contributed by atoms with Gasteiger partial charge in [0, 0.05) is 4.47 Å². The summed E-state index contributed by atoms with van der Waals surface area (Å²) in [5.41, 5.74) is 1.50. The zero-order valence-corrected chi connectivity index (χ0v) is 12.1. The van der Waals surface area contributed by atoms with E-state index in [0.717, 1.165) is 10.2 Å². The number of pyridine rings is 1. The normalized spacial score (nSPS) is 11.3. The Balaban J connectivity index is 2.62. The van der Waals surface area contributed by atoms with Crippen molar-refractivity contribution in [1.29, 1.82) is 5.41 Å². The third-order valence-electron chi connectivity index (χ3n) is 1.70. The lowest BCUT2D eigenvalue weighted by Gasteiger charge is -2.13. The molecule has 0 unspecified atom stereocenters. The molecule has 0 fully saturated rings. The van der Waals surface area contributed by atoms with Crippen molar-refractivity contribution < 1.29 is 4.74 Å². The molecular formula is C9H8BrCl3N2O. The Morgan fingerprint density at radius 3 is 2.62 bits per heavy atom. The molecule has 0 aliphatic carbocycles. The first-order valence-electron chi connectivity index (χ1n) is 4.21. The van der Waals surface area contributed by atoms with E-state index in [1.807, 2.05) is 13.0 Å². The van der Waals surface area contributed by atoms with Crippen LogP contribution in [0.4, 0.5) is 0 Å². The van der Waals surface area contributed by atoms with Gasteiger partial charge in [-0.1, -0.05) is 34.8 Å². The standard InChI is InChI=1S/C9H8BrCl3N2O/c1-5-7(10)3-2-6(15-5)4-16-8(14)9(11,12)13/h2-3,14H,4H2,1H3. The summed E-state index contributed by atoms with van der Waals surface area (Å²) in [7, 11) is 0. The van der Waals surface area contributed by atoms with Gasteiger partial charge in [-0.15, -0.1) is 0 Å². The van der Waals surface area contributed by atoms with Crippen LogP contribution in [0.25, 0.3) is 0 Å². The lowest BCUT2D eigenvalue weighted by Crippen LogP contribution is -2.21. The van der Waals surface area contributed by atoms with Crippen LogP contribution in [0.2, 0.25) is 0 Å². The SMILES string of the molecule is Cc1nc(COC(=N)C(Cl)(Cl)Cl)ccc1Br. The van der Waals surface area contributed by atoms with Gasteiger partial charge in [0.25, 0.3) is 3.79 Å². The average molecular weight is 346 g/mol. The second-order valence-electron chi connectivity index (χ2n) is 2.99. The molecule has 0 saturated carbocycles. The van der Waals surface area contributed by atoms with Gasteiger partial charge in [-0.25, -0.2) is 0 Å². The van der Waals surface area contributed by atoms with E-state index in [9.17, 15) is 0 Å². The summed E-state index contributed by atoms with van der Waals surface area (Å²) in [5, 5.41) is 7.33. The molecule has 0 amide bonds. The molecule has 0 radical (unpaired) electrons. The molecule has 0 aliphatic rings. The number of ether oxygens (including phenoxy) is 1. The first kappa shape index (κ1) is 14.0. The van der Waals surface area contributed by atoms with Crippen LogP contribution >= 0.6 is 50.7 Å². The molecular weight excluding hydrogens is 338 g/mol. The van der Waals surface area contributed by atoms with Crippen molar-refractivity contribution in [3.8, 4) is 0 Å². The van der Waals surface area contributed by atoms with E-state index in [1.54, 1.807) is 6.07 Å². The maximum absolute atomic E-state index is 7.33. The monoisotopic (exact) mass is 344 g/mol. The second-order valence-corrected chi connectivity index (χ2v) is 6.12. The van der Waals surface area contributed by atoms with Crippen molar-refractivity contribution >= 4 is 56.6 Å². The summed E-state index contributed by atoms with van der Waals surface area (Å²) in [6, 6.07) is 3.61. The van der Waals surface area contributed by atoms with Crippen molar-refractivity contribution in [3.05, 3.63) is 28.0 Å². The van der Waals surface area contributed by atoms with Gasteiger partial charge in [0.2, 0.25) is 5.90 Å². The number of halogens is 4. The van der Waals surface area contributed by atoms with E-state index in [-0.39, 0.29) is 6.61 Å². The van der Waals surface area contributed by atoms with Gasteiger partial charge in [-0.2, -0.15) is 0 Å². The van der Waals surface area contributed by atoms with Crippen LogP contribution in [-0.4, -0.2) is 14.7 Å². The first-order valence-corrected chi connectivity index (χ1v) is 6.14. The lowest BCUT2D eigenvalue weighted by molar-refractivity contribution is 0.279. The van der Waals surface area contributed by atoms with Crippen molar-refractivity contribution in [1.82, 2.24) is 4.98 Å². The Morgan fingerprint density at radius 1 is 1.50 bits per heavy atom. The second kappa shape index (κ2) is 5.54. The number of aromatic nitrogens is 1. The molecule has 0 saturated heterocycles. The Morgan fingerprint density at radius 2 is 2.12 bits per heavy atom. The van der Waals surface area contributed by atoms with Crippen molar-refractivity contribution in [2.24, 2.45) is 0 Å². The van der Waals surface area contributed by atoms with Crippen LogP contribution in [0, 0.1) is 12.3 Å². The van der Waals surface area contributed by atoms with Crippen molar-refractivity contribution in [2.45, 2.75) is 17.3 Å². The smallest absolute Gasteiger partial charge is 0.265 e. The van der Waals surface area contributed by atoms with E-state index >= 15 is 0 Å². The predicted molar refractivity (Wildman–Crippen MR) is 69.5 cm³/mol. The maximum Gasteiger partial charge on any atom is 0.265 e.